The third-order valence-corrected chi connectivity index (χ3v) is 6.93. The summed E-state index contributed by atoms with van der Waals surface area (Å²) in [5.74, 6) is -0.0453. The quantitative estimate of drug-likeness (QED) is 0.861. The molecule has 0 amide bonds. The molecule has 7 heteroatoms. The van der Waals surface area contributed by atoms with Crippen molar-refractivity contribution < 1.29 is 12.8 Å². The molecule has 2 fully saturated rings. The minimum atomic E-state index is -3.77. The van der Waals surface area contributed by atoms with Gasteiger partial charge in [0.05, 0.1) is 0 Å². The molecule has 2 aliphatic rings. The van der Waals surface area contributed by atoms with Gasteiger partial charge in [-0.1, -0.05) is 15.9 Å². The number of nitrogens with zero attached hydrogens (tertiary/aromatic N) is 1. The van der Waals surface area contributed by atoms with Crippen LogP contribution in [0.3, 0.4) is 0 Å². The lowest BCUT2D eigenvalue weighted by atomic mass is 9.79. The van der Waals surface area contributed by atoms with Crippen molar-refractivity contribution >= 4 is 26.0 Å². The first-order valence-corrected chi connectivity index (χ1v) is 9.32. The van der Waals surface area contributed by atoms with Gasteiger partial charge in [-0.3, -0.25) is 0 Å². The van der Waals surface area contributed by atoms with E-state index in [0.29, 0.717) is 29.4 Å². The SMILES string of the molecule is NC1CC[C@@H]2CN(S(=O)(=O)c3ccc(Br)cc3F)C[C@@H]2C1. The first-order chi connectivity index (χ1) is 9.88. The van der Waals surface area contributed by atoms with Gasteiger partial charge in [0.25, 0.3) is 0 Å². The lowest BCUT2D eigenvalue weighted by Gasteiger charge is -2.28. The largest absolute Gasteiger partial charge is 0.328 e. The van der Waals surface area contributed by atoms with E-state index in [9.17, 15) is 12.8 Å². The Kier molecular flexibility index (Phi) is 4.11. The van der Waals surface area contributed by atoms with Crippen LogP contribution in [0.2, 0.25) is 0 Å². The van der Waals surface area contributed by atoms with Crippen LogP contribution in [0.15, 0.2) is 27.6 Å². The zero-order chi connectivity index (χ0) is 15.2. The predicted octanol–water partition coefficient (Wildman–Crippen LogP) is 2.34. The Morgan fingerprint density at radius 1 is 1.24 bits per heavy atom. The molecule has 1 saturated heterocycles. The number of rotatable bonds is 2. The number of hydrogen-bond acceptors (Lipinski definition) is 3. The monoisotopic (exact) mass is 376 g/mol. The van der Waals surface area contributed by atoms with Gasteiger partial charge < -0.3 is 5.73 Å². The van der Waals surface area contributed by atoms with Crippen molar-refractivity contribution in [3.05, 3.63) is 28.5 Å². The number of sulfonamides is 1. The molecule has 0 spiro atoms. The average molecular weight is 377 g/mol. The van der Waals surface area contributed by atoms with E-state index in [1.165, 1.54) is 16.4 Å². The molecule has 1 aromatic carbocycles. The van der Waals surface area contributed by atoms with Gasteiger partial charge in [0.2, 0.25) is 10.0 Å². The fourth-order valence-corrected chi connectivity index (χ4v) is 5.38. The summed E-state index contributed by atoms with van der Waals surface area (Å²) in [4.78, 5) is -0.242. The first kappa shape index (κ1) is 15.4. The van der Waals surface area contributed by atoms with Crippen LogP contribution in [0, 0.1) is 17.7 Å². The Morgan fingerprint density at radius 2 is 1.95 bits per heavy atom. The smallest absolute Gasteiger partial charge is 0.246 e. The highest BCUT2D eigenvalue weighted by Crippen LogP contribution is 2.38. The van der Waals surface area contributed by atoms with Crippen molar-refractivity contribution in [3.63, 3.8) is 0 Å². The minimum Gasteiger partial charge on any atom is -0.328 e. The van der Waals surface area contributed by atoms with Crippen LogP contribution in [-0.2, 0) is 10.0 Å². The predicted molar refractivity (Wildman–Crippen MR) is 81.7 cm³/mol. The highest BCUT2D eigenvalue weighted by atomic mass is 79.9. The van der Waals surface area contributed by atoms with E-state index in [0.717, 1.165) is 19.3 Å². The van der Waals surface area contributed by atoms with Gasteiger partial charge >= 0.3 is 0 Å². The summed E-state index contributed by atoms with van der Waals surface area (Å²) in [6.45, 7) is 0.936. The molecule has 3 rings (SSSR count). The van der Waals surface area contributed by atoms with E-state index in [2.05, 4.69) is 15.9 Å². The summed E-state index contributed by atoms with van der Waals surface area (Å²) in [6.07, 6.45) is 2.77. The minimum absolute atomic E-state index is 0.165. The maximum atomic E-state index is 14.0. The third-order valence-electron chi connectivity index (χ3n) is 4.57. The van der Waals surface area contributed by atoms with Crippen molar-refractivity contribution in [1.82, 2.24) is 4.31 Å². The van der Waals surface area contributed by atoms with Crippen molar-refractivity contribution in [1.29, 1.82) is 0 Å². The Balaban J connectivity index is 1.86. The Morgan fingerprint density at radius 3 is 2.67 bits per heavy atom. The maximum absolute atomic E-state index is 14.0. The molecule has 1 aliphatic carbocycles. The summed E-state index contributed by atoms with van der Waals surface area (Å²) < 4.78 is 41.2. The average Bonchev–Trinajstić information content (AvgIpc) is 2.81. The number of hydrogen-bond donors (Lipinski definition) is 1. The van der Waals surface area contributed by atoms with Crippen molar-refractivity contribution in [3.8, 4) is 0 Å². The molecule has 4 nitrogen and oxygen atoms in total. The van der Waals surface area contributed by atoms with Gasteiger partial charge in [-0.25, -0.2) is 12.8 Å². The second-order valence-electron chi connectivity index (χ2n) is 5.99. The fraction of sp³-hybridized carbons (Fsp3) is 0.571. The Bertz CT molecular complexity index is 652. The van der Waals surface area contributed by atoms with Crippen LogP contribution in [0.25, 0.3) is 0 Å². The summed E-state index contributed by atoms with van der Waals surface area (Å²) >= 11 is 3.14. The van der Waals surface area contributed by atoms with Crippen LogP contribution in [0.4, 0.5) is 4.39 Å². The molecular weight excluding hydrogens is 359 g/mol. The first-order valence-electron chi connectivity index (χ1n) is 7.08. The van der Waals surface area contributed by atoms with Crippen LogP contribution < -0.4 is 5.73 Å². The van der Waals surface area contributed by atoms with Crippen LogP contribution >= 0.6 is 15.9 Å². The molecule has 2 N–H and O–H groups in total. The normalized spacial score (nSPS) is 30.3. The van der Waals surface area contributed by atoms with E-state index in [1.54, 1.807) is 6.07 Å². The summed E-state index contributed by atoms with van der Waals surface area (Å²) in [5, 5.41) is 0. The molecule has 1 saturated carbocycles. The van der Waals surface area contributed by atoms with Gasteiger partial charge in [-0.15, -0.1) is 0 Å². The topological polar surface area (TPSA) is 63.4 Å². The van der Waals surface area contributed by atoms with E-state index >= 15 is 0 Å². The van der Waals surface area contributed by atoms with Crippen molar-refractivity contribution in [2.75, 3.05) is 13.1 Å². The molecule has 0 aromatic heterocycles. The highest BCUT2D eigenvalue weighted by Gasteiger charge is 2.42. The lowest BCUT2D eigenvalue weighted by Crippen LogP contribution is -2.32. The molecule has 0 bridgehead atoms. The van der Waals surface area contributed by atoms with E-state index < -0.39 is 15.8 Å². The van der Waals surface area contributed by atoms with Gasteiger partial charge in [-0.05, 0) is 49.3 Å². The second kappa shape index (κ2) is 5.61. The summed E-state index contributed by atoms with van der Waals surface area (Å²) in [5.41, 5.74) is 5.96. The molecule has 1 unspecified atom stereocenters. The zero-order valence-corrected chi connectivity index (χ0v) is 13.9. The summed E-state index contributed by atoms with van der Waals surface area (Å²) in [6, 6.07) is 4.22. The Labute approximate surface area is 132 Å². The maximum Gasteiger partial charge on any atom is 0.246 e. The molecule has 0 radical (unpaired) electrons. The lowest BCUT2D eigenvalue weighted by molar-refractivity contribution is 0.271. The summed E-state index contributed by atoms with van der Waals surface area (Å²) in [7, 11) is -3.77. The molecule has 21 heavy (non-hydrogen) atoms. The standard InChI is InChI=1S/C14H18BrFN2O2S/c15-11-2-4-14(13(16)6-11)21(19,20)18-7-9-1-3-12(17)5-10(9)8-18/h2,4,6,9-10,12H,1,3,5,7-8,17H2/t9-,10+,12?/m1/s1. The molecule has 116 valence electrons. The molecular formula is C14H18BrFN2O2S. The number of fused-ring (bicyclic) bond motifs is 1. The Hall–Kier alpha value is -0.500. The van der Waals surface area contributed by atoms with Crippen LogP contribution in [0.5, 0.6) is 0 Å². The number of halogens is 2. The third kappa shape index (κ3) is 2.88. The fourth-order valence-electron chi connectivity index (χ4n) is 3.44. The zero-order valence-electron chi connectivity index (χ0n) is 11.5. The van der Waals surface area contributed by atoms with E-state index in [1.807, 2.05) is 0 Å². The number of nitrogens with two attached hydrogens (primary N) is 1. The van der Waals surface area contributed by atoms with Gasteiger partial charge in [0.1, 0.15) is 10.7 Å². The van der Waals surface area contributed by atoms with Crippen molar-refractivity contribution in [2.45, 2.75) is 30.2 Å². The second-order valence-corrected chi connectivity index (χ2v) is 8.81. The van der Waals surface area contributed by atoms with Gasteiger partial charge in [0.15, 0.2) is 0 Å². The molecule has 3 atom stereocenters. The van der Waals surface area contributed by atoms with E-state index in [-0.39, 0.29) is 10.9 Å². The van der Waals surface area contributed by atoms with Crippen LogP contribution in [0.1, 0.15) is 19.3 Å². The molecule has 1 aliphatic heterocycles. The van der Waals surface area contributed by atoms with Crippen LogP contribution in [-0.4, -0.2) is 31.9 Å². The molecule has 1 aromatic rings. The number of benzene rings is 1. The van der Waals surface area contributed by atoms with Gasteiger partial charge in [0, 0.05) is 23.6 Å². The molecule has 1 heterocycles. The van der Waals surface area contributed by atoms with E-state index in [4.69, 9.17) is 5.73 Å². The van der Waals surface area contributed by atoms with Crippen molar-refractivity contribution in [2.24, 2.45) is 17.6 Å². The van der Waals surface area contributed by atoms with Gasteiger partial charge in [-0.2, -0.15) is 4.31 Å². The highest BCUT2D eigenvalue weighted by molar-refractivity contribution is 9.10.